The van der Waals surface area contributed by atoms with Crippen molar-refractivity contribution in [3.05, 3.63) is 29.6 Å². The fourth-order valence-corrected chi connectivity index (χ4v) is 1.79. The number of rotatable bonds is 5. The number of hydrogen-bond donors (Lipinski definition) is 0. The Morgan fingerprint density at radius 2 is 2.05 bits per heavy atom. The van der Waals surface area contributed by atoms with Gasteiger partial charge in [-0.3, -0.25) is 4.79 Å². The van der Waals surface area contributed by atoms with E-state index in [4.69, 9.17) is 0 Å². The van der Waals surface area contributed by atoms with E-state index in [-0.39, 0.29) is 12.1 Å². The molecule has 2 heterocycles. The van der Waals surface area contributed by atoms with Crippen LogP contribution in [0.3, 0.4) is 0 Å². The average molecular weight is 293 g/mol. The Morgan fingerprint density at radius 3 is 2.62 bits per heavy atom. The lowest BCUT2D eigenvalue weighted by Crippen LogP contribution is -2.16. The number of imidazole rings is 1. The molecule has 2 rings (SSSR count). The fraction of sp³-hybridized carbons (Fsp3) is 0.417. The molecule has 0 N–H and O–H groups in total. The molecule has 0 radical (unpaired) electrons. The molecule has 0 amide bonds. The summed E-state index contributed by atoms with van der Waals surface area (Å²) in [5, 5.41) is 7.69. The van der Waals surface area contributed by atoms with Gasteiger partial charge in [0.2, 0.25) is 0 Å². The number of nitrogens with zero attached hydrogens (tertiary/aromatic N) is 5. The van der Waals surface area contributed by atoms with Gasteiger partial charge < -0.3 is 14.0 Å². The smallest absolute Gasteiger partial charge is 0.360 e. The second-order valence-corrected chi connectivity index (χ2v) is 4.28. The van der Waals surface area contributed by atoms with Crippen LogP contribution in [-0.4, -0.2) is 50.7 Å². The standard InChI is InChI=1S/C12H15N5O4/c1-16-7-13-5-8(16)6-17-9(4-10(18)20-2)11(14-15-17)12(19)21-3/h5,7H,4,6H2,1-3H3. The van der Waals surface area contributed by atoms with Crippen molar-refractivity contribution in [2.75, 3.05) is 14.2 Å². The number of aromatic nitrogens is 5. The van der Waals surface area contributed by atoms with Crippen LogP contribution in [0.2, 0.25) is 0 Å². The minimum absolute atomic E-state index is 0.00469. The molecule has 0 unspecified atom stereocenters. The van der Waals surface area contributed by atoms with Crippen LogP contribution < -0.4 is 0 Å². The molecule has 0 aliphatic rings. The molecular weight excluding hydrogens is 278 g/mol. The molecule has 2 aromatic rings. The van der Waals surface area contributed by atoms with Gasteiger partial charge in [0.1, 0.15) is 0 Å². The van der Waals surface area contributed by atoms with E-state index in [0.29, 0.717) is 12.2 Å². The maximum absolute atomic E-state index is 11.7. The number of carbonyl (C=O) groups is 2. The van der Waals surface area contributed by atoms with Gasteiger partial charge >= 0.3 is 11.9 Å². The number of methoxy groups -OCH3 is 2. The summed E-state index contributed by atoms with van der Waals surface area (Å²) in [6.07, 6.45) is 3.20. The highest BCUT2D eigenvalue weighted by atomic mass is 16.5. The van der Waals surface area contributed by atoms with Crippen molar-refractivity contribution >= 4 is 11.9 Å². The molecule has 0 aromatic carbocycles. The van der Waals surface area contributed by atoms with Crippen LogP contribution in [0.25, 0.3) is 0 Å². The van der Waals surface area contributed by atoms with E-state index in [0.717, 1.165) is 5.69 Å². The Labute approximate surface area is 120 Å². The minimum atomic E-state index is -0.648. The van der Waals surface area contributed by atoms with Crippen LogP contribution in [0.5, 0.6) is 0 Å². The number of ether oxygens (including phenoxy) is 2. The van der Waals surface area contributed by atoms with Gasteiger partial charge in [-0.1, -0.05) is 5.21 Å². The molecule has 9 nitrogen and oxygen atoms in total. The highest BCUT2D eigenvalue weighted by Gasteiger charge is 2.23. The summed E-state index contributed by atoms with van der Waals surface area (Å²) in [5.74, 6) is -1.14. The minimum Gasteiger partial charge on any atom is -0.469 e. The Hall–Kier alpha value is -2.71. The Kier molecular flexibility index (Phi) is 4.31. The van der Waals surface area contributed by atoms with Gasteiger partial charge in [-0.25, -0.2) is 14.5 Å². The van der Waals surface area contributed by atoms with Crippen molar-refractivity contribution in [3.63, 3.8) is 0 Å². The van der Waals surface area contributed by atoms with Gasteiger partial charge in [0.15, 0.2) is 5.69 Å². The van der Waals surface area contributed by atoms with E-state index in [9.17, 15) is 9.59 Å². The molecule has 0 atom stereocenters. The second kappa shape index (κ2) is 6.16. The summed E-state index contributed by atoms with van der Waals surface area (Å²) < 4.78 is 12.5. The number of hydrogen-bond acceptors (Lipinski definition) is 7. The zero-order chi connectivity index (χ0) is 15.4. The van der Waals surface area contributed by atoms with Gasteiger partial charge in [-0.15, -0.1) is 5.10 Å². The van der Waals surface area contributed by atoms with Gasteiger partial charge in [0.25, 0.3) is 0 Å². The number of carbonyl (C=O) groups excluding carboxylic acids is 2. The molecule has 9 heteroatoms. The maximum Gasteiger partial charge on any atom is 0.360 e. The topological polar surface area (TPSA) is 101 Å². The van der Waals surface area contributed by atoms with Crippen LogP contribution in [-0.2, 0) is 34.3 Å². The maximum atomic E-state index is 11.7. The summed E-state index contributed by atoms with van der Waals surface area (Å²) >= 11 is 0. The Morgan fingerprint density at radius 1 is 1.29 bits per heavy atom. The second-order valence-electron chi connectivity index (χ2n) is 4.28. The summed E-state index contributed by atoms with van der Waals surface area (Å²) in [6, 6.07) is 0. The zero-order valence-corrected chi connectivity index (χ0v) is 11.9. The Balaban J connectivity index is 2.36. The van der Waals surface area contributed by atoms with Crippen molar-refractivity contribution < 1.29 is 19.1 Å². The molecule has 112 valence electrons. The van der Waals surface area contributed by atoms with E-state index in [1.54, 1.807) is 17.1 Å². The van der Waals surface area contributed by atoms with E-state index >= 15 is 0 Å². The van der Waals surface area contributed by atoms with Crippen LogP contribution in [0, 0.1) is 0 Å². The lowest BCUT2D eigenvalue weighted by molar-refractivity contribution is -0.139. The van der Waals surface area contributed by atoms with Crippen molar-refractivity contribution in [2.45, 2.75) is 13.0 Å². The molecule has 0 fully saturated rings. The van der Waals surface area contributed by atoms with Gasteiger partial charge in [-0.05, 0) is 0 Å². The highest BCUT2D eigenvalue weighted by molar-refractivity contribution is 5.89. The molecular formula is C12H15N5O4. The number of aryl methyl sites for hydroxylation is 1. The lowest BCUT2D eigenvalue weighted by Gasteiger charge is -2.07. The van der Waals surface area contributed by atoms with Crippen molar-refractivity contribution in [1.82, 2.24) is 24.5 Å². The molecule has 0 bridgehead atoms. The molecule has 21 heavy (non-hydrogen) atoms. The molecule has 0 saturated heterocycles. The summed E-state index contributed by atoms with van der Waals surface area (Å²) in [5.41, 5.74) is 1.20. The first-order valence-corrected chi connectivity index (χ1v) is 6.09. The van der Waals surface area contributed by atoms with Crippen molar-refractivity contribution in [2.24, 2.45) is 7.05 Å². The third-order valence-corrected chi connectivity index (χ3v) is 2.98. The van der Waals surface area contributed by atoms with Gasteiger partial charge in [0, 0.05) is 7.05 Å². The summed E-state index contributed by atoms with van der Waals surface area (Å²) in [6.45, 7) is 0.326. The number of esters is 2. The highest BCUT2D eigenvalue weighted by Crippen LogP contribution is 2.11. The fourth-order valence-electron chi connectivity index (χ4n) is 1.79. The van der Waals surface area contributed by atoms with Crippen LogP contribution in [0.4, 0.5) is 0 Å². The molecule has 0 aliphatic heterocycles. The molecule has 0 spiro atoms. The van der Waals surface area contributed by atoms with E-state index < -0.39 is 11.9 Å². The average Bonchev–Trinajstić information content (AvgIpc) is 3.06. The first kappa shape index (κ1) is 14.7. The Bertz CT molecular complexity index is 660. The molecule has 0 aliphatic carbocycles. The predicted molar refractivity (Wildman–Crippen MR) is 69.4 cm³/mol. The van der Waals surface area contributed by atoms with Crippen molar-refractivity contribution in [3.8, 4) is 0 Å². The lowest BCUT2D eigenvalue weighted by atomic mass is 10.2. The molecule has 0 saturated carbocycles. The quantitative estimate of drug-likeness (QED) is 0.689. The van der Waals surface area contributed by atoms with Crippen molar-refractivity contribution in [1.29, 1.82) is 0 Å². The third kappa shape index (κ3) is 3.07. The van der Waals surface area contributed by atoms with Crippen LogP contribution in [0.15, 0.2) is 12.5 Å². The van der Waals surface area contributed by atoms with Crippen LogP contribution >= 0.6 is 0 Å². The van der Waals surface area contributed by atoms with E-state index in [2.05, 4.69) is 24.8 Å². The van der Waals surface area contributed by atoms with Gasteiger partial charge in [0.05, 0.1) is 51.1 Å². The SMILES string of the molecule is COC(=O)Cc1c(C(=O)OC)nnn1Cc1cncn1C. The normalized spacial score (nSPS) is 10.4. The predicted octanol–water partition coefficient (Wildman–Crippen LogP) is -0.438. The largest absolute Gasteiger partial charge is 0.469 e. The first-order chi connectivity index (χ1) is 10.1. The van der Waals surface area contributed by atoms with Crippen LogP contribution in [0.1, 0.15) is 21.9 Å². The van der Waals surface area contributed by atoms with E-state index in [1.165, 1.54) is 18.9 Å². The molecule has 2 aromatic heterocycles. The van der Waals surface area contributed by atoms with E-state index in [1.807, 2.05) is 7.05 Å². The summed E-state index contributed by atoms with van der Waals surface area (Å²) in [4.78, 5) is 27.2. The third-order valence-electron chi connectivity index (χ3n) is 2.98. The first-order valence-electron chi connectivity index (χ1n) is 6.09. The summed E-state index contributed by atoms with van der Waals surface area (Å²) in [7, 11) is 4.35. The van der Waals surface area contributed by atoms with Gasteiger partial charge in [-0.2, -0.15) is 0 Å². The zero-order valence-electron chi connectivity index (χ0n) is 11.9. The monoisotopic (exact) mass is 293 g/mol.